The Bertz CT molecular complexity index is 776. The van der Waals surface area contributed by atoms with Crippen molar-refractivity contribution < 1.29 is 8.91 Å². The first-order chi connectivity index (χ1) is 10.3. The van der Waals surface area contributed by atoms with Crippen molar-refractivity contribution in [1.82, 2.24) is 15.5 Å². The van der Waals surface area contributed by atoms with Crippen LogP contribution in [0, 0.1) is 5.82 Å². The molecule has 0 spiro atoms. The number of hydrogen-bond acceptors (Lipinski definition) is 5. The van der Waals surface area contributed by atoms with Crippen LogP contribution >= 0.6 is 11.3 Å². The smallest absolute Gasteiger partial charge is 0.268 e. The van der Waals surface area contributed by atoms with Gasteiger partial charge in [0.05, 0.1) is 4.88 Å². The van der Waals surface area contributed by atoms with Crippen LogP contribution in [0.5, 0.6) is 0 Å². The van der Waals surface area contributed by atoms with E-state index < -0.39 is 0 Å². The molecule has 1 fully saturated rings. The third kappa shape index (κ3) is 2.45. The van der Waals surface area contributed by atoms with E-state index >= 15 is 0 Å². The van der Waals surface area contributed by atoms with Gasteiger partial charge in [0.2, 0.25) is 0 Å². The third-order valence-electron chi connectivity index (χ3n) is 3.84. The third-order valence-corrected chi connectivity index (χ3v) is 4.92. The Morgan fingerprint density at radius 3 is 2.95 bits per heavy atom. The molecule has 4 rings (SSSR count). The van der Waals surface area contributed by atoms with Crippen LogP contribution in [0.3, 0.4) is 0 Å². The fourth-order valence-corrected chi connectivity index (χ4v) is 3.70. The quantitative estimate of drug-likeness (QED) is 0.786. The average Bonchev–Trinajstić information content (AvgIpc) is 3.14. The Morgan fingerprint density at radius 1 is 1.24 bits per heavy atom. The molecular weight excluding hydrogens is 289 g/mol. The molecule has 6 heteroatoms. The first kappa shape index (κ1) is 12.9. The van der Waals surface area contributed by atoms with Crippen molar-refractivity contribution in [2.24, 2.45) is 0 Å². The second-order valence-corrected chi connectivity index (χ2v) is 6.36. The van der Waals surface area contributed by atoms with Gasteiger partial charge in [-0.15, -0.1) is 11.3 Å². The summed E-state index contributed by atoms with van der Waals surface area (Å²) < 4.78 is 19.5. The SMILES string of the molecule is Fc1ccc2cc(-c3nc(C4CCNCC4)no3)sc2c1. The van der Waals surface area contributed by atoms with Gasteiger partial charge >= 0.3 is 0 Å². The maximum atomic E-state index is 13.2. The number of nitrogens with zero attached hydrogens (tertiary/aromatic N) is 2. The summed E-state index contributed by atoms with van der Waals surface area (Å²) in [6.07, 6.45) is 2.08. The Kier molecular flexibility index (Phi) is 3.20. The molecule has 108 valence electrons. The molecule has 0 radical (unpaired) electrons. The first-order valence-electron chi connectivity index (χ1n) is 7.03. The molecule has 0 aliphatic carbocycles. The van der Waals surface area contributed by atoms with Gasteiger partial charge in [0.25, 0.3) is 5.89 Å². The lowest BCUT2D eigenvalue weighted by Gasteiger charge is -2.18. The molecule has 3 aromatic rings. The van der Waals surface area contributed by atoms with Gasteiger partial charge in [-0.3, -0.25) is 0 Å². The fourth-order valence-electron chi connectivity index (χ4n) is 2.69. The standard InChI is InChI=1S/C15H14FN3OS/c16-11-2-1-10-7-13(21-12(10)8-11)15-18-14(19-20-15)9-3-5-17-6-4-9/h1-2,7-9,17H,3-6H2. The molecular formula is C15H14FN3OS. The predicted molar refractivity (Wildman–Crippen MR) is 79.9 cm³/mol. The molecule has 1 saturated heterocycles. The van der Waals surface area contributed by atoms with Gasteiger partial charge in [0.15, 0.2) is 5.82 Å². The van der Waals surface area contributed by atoms with E-state index in [-0.39, 0.29) is 5.82 Å². The van der Waals surface area contributed by atoms with Crippen LogP contribution in [0.4, 0.5) is 4.39 Å². The minimum Gasteiger partial charge on any atom is -0.333 e. The molecule has 2 aromatic heterocycles. The number of halogens is 1. The topological polar surface area (TPSA) is 51.0 Å². The number of aromatic nitrogens is 2. The van der Waals surface area contributed by atoms with E-state index in [1.165, 1.54) is 23.5 Å². The number of fused-ring (bicyclic) bond motifs is 1. The minimum absolute atomic E-state index is 0.225. The van der Waals surface area contributed by atoms with E-state index in [4.69, 9.17) is 4.52 Å². The van der Waals surface area contributed by atoms with E-state index in [0.717, 1.165) is 46.7 Å². The van der Waals surface area contributed by atoms with Crippen LogP contribution < -0.4 is 5.32 Å². The lowest BCUT2D eigenvalue weighted by atomic mass is 9.98. The molecule has 4 nitrogen and oxygen atoms in total. The zero-order chi connectivity index (χ0) is 14.2. The summed E-state index contributed by atoms with van der Waals surface area (Å²) in [7, 11) is 0. The van der Waals surface area contributed by atoms with Crippen molar-refractivity contribution >= 4 is 21.4 Å². The Labute approximate surface area is 125 Å². The predicted octanol–water partition coefficient (Wildman–Crippen LogP) is 3.56. The molecule has 0 saturated carbocycles. The van der Waals surface area contributed by atoms with Crippen LogP contribution in [-0.4, -0.2) is 23.2 Å². The minimum atomic E-state index is -0.225. The van der Waals surface area contributed by atoms with Gasteiger partial charge in [0.1, 0.15) is 5.82 Å². The monoisotopic (exact) mass is 303 g/mol. The van der Waals surface area contributed by atoms with Gasteiger partial charge < -0.3 is 9.84 Å². The van der Waals surface area contributed by atoms with Crippen LogP contribution in [0.1, 0.15) is 24.6 Å². The van der Waals surface area contributed by atoms with Crippen molar-refractivity contribution in [2.75, 3.05) is 13.1 Å². The second-order valence-electron chi connectivity index (χ2n) is 5.27. The van der Waals surface area contributed by atoms with Gasteiger partial charge in [-0.1, -0.05) is 11.2 Å². The van der Waals surface area contributed by atoms with Crippen LogP contribution in [-0.2, 0) is 0 Å². The number of benzene rings is 1. The lowest BCUT2D eigenvalue weighted by Crippen LogP contribution is -2.27. The van der Waals surface area contributed by atoms with E-state index in [1.54, 1.807) is 6.07 Å². The summed E-state index contributed by atoms with van der Waals surface area (Å²) in [4.78, 5) is 5.42. The Hall–Kier alpha value is -1.79. The largest absolute Gasteiger partial charge is 0.333 e. The molecule has 0 atom stereocenters. The van der Waals surface area contributed by atoms with Crippen LogP contribution in [0.2, 0.25) is 0 Å². The summed E-state index contributed by atoms with van der Waals surface area (Å²) in [5.74, 6) is 1.47. The zero-order valence-corrected chi connectivity index (χ0v) is 12.1. The summed E-state index contributed by atoms with van der Waals surface area (Å²) in [6.45, 7) is 1.99. The molecule has 21 heavy (non-hydrogen) atoms. The highest BCUT2D eigenvalue weighted by Gasteiger charge is 2.21. The lowest BCUT2D eigenvalue weighted by molar-refractivity contribution is 0.392. The maximum absolute atomic E-state index is 13.2. The molecule has 1 aromatic carbocycles. The van der Waals surface area contributed by atoms with Crippen molar-refractivity contribution in [3.63, 3.8) is 0 Å². The normalized spacial score (nSPS) is 16.6. The van der Waals surface area contributed by atoms with Gasteiger partial charge in [-0.05, 0) is 49.5 Å². The molecule has 1 aliphatic rings. The van der Waals surface area contributed by atoms with Crippen LogP contribution in [0.25, 0.3) is 20.9 Å². The highest BCUT2D eigenvalue weighted by atomic mass is 32.1. The van der Waals surface area contributed by atoms with E-state index in [9.17, 15) is 4.39 Å². The van der Waals surface area contributed by atoms with E-state index in [1.807, 2.05) is 6.07 Å². The fraction of sp³-hybridized carbons (Fsp3) is 0.333. The highest BCUT2D eigenvalue weighted by molar-refractivity contribution is 7.22. The second kappa shape index (κ2) is 5.20. The molecule has 1 N–H and O–H groups in total. The van der Waals surface area contributed by atoms with Crippen molar-refractivity contribution in [3.8, 4) is 10.8 Å². The van der Waals surface area contributed by atoms with Crippen LogP contribution in [0.15, 0.2) is 28.8 Å². The number of rotatable bonds is 2. The molecule has 3 heterocycles. The average molecular weight is 303 g/mol. The van der Waals surface area contributed by atoms with Gasteiger partial charge in [0, 0.05) is 10.6 Å². The van der Waals surface area contributed by atoms with Crippen molar-refractivity contribution in [2.45, 2.75) is 18.8 Å². The van der Waals surface area contributed by atoms with Crippen molar-refractivity contribution in [3.05, 3.63) is 35.9 Å². The number of nitrogens with one attached hydrogen (secondary N) is 1. The molecule has 1 aliphatic heterocycles. The van der Waals surface area contributed by atoms with E-state index in [0.29, 0.717) is 11.8 Å². The Morgan fingerprint density at radius 2 is 2.10 bits per heavy atom. The van der Waals surface area contributed by atoms with Gasteiger partial charge in [-0.25, -0.2) is 4.39 Å². The van der Waals surface area contributed by atoms with Gasteiger partial charge in [-0.2, -0.15) is 4.98 Å². The zero-order valence-electron chi connectivity index (χ0n) is 11.3. The molecule has 0 unspecified atom stereocenters. The number of piperidine rings is 1. The summed E-state index contributed by atoms with van der Waals surface area (Å²) in [5.41, 5.74) is 0. The molecule has 0 bridgehead atoms. The van der Waals surface area contributed by atoms with E-state index in [2.05, 4.69) is 15.5 Å². The number of thiophene rings is 1. The number of hydrogen-bond donors (Lipinski definition) is 1. The highest BCUT2D eigenvalue weighted by Crippen LogP contribution is 2.34. The summed E-state index contributed by atoms with van der Waals surface area (Å²) in [6, 6.07) is 6.74. The van der Waals surface area contributed by atoms with Crippen molar-refractivity contribution in [1.29, 1.82) is 0 Å². The maximum Gasteiger partial charge on any atom is 0.268 e. The first-order valence-corrected chi connectivity index (χ1v) is 7.85. The Balaban J connectivity index is 1.67. The summed E-state index contributed by atoms with van der Waals surface area (Å²) in [5, 5.41) is 8.45. The summed E-state index contributed by atoms with van der Waals surface area (Å²) >= 11 is 1.48. The molecule has 0 amide bonds.